The number of nitrogens with zero attached hydrogens (tertiary/aromatic N) is 1. The van der Waals surface area contributed by atoms with Gasteiger partial charge in [-0.1, -0.05) is 29.3 Å². The molecule has 0 aromatic heterocycles. The predicted molar refractivity (Wildman–Crippen MR) is 114 cm³/mol. The van der Waals surface area contributed by atoms with Crippen molar-refractivity contribution in [1.82, 2.24) is 4.31 Å². The highest BCUT2D eigenvalue weighted by molar-refractivity contribution is 7.89. The van der Waals surface area contributed by atoms with E-state index in [9.17, 15) is 13.2 Å². The van der Waals surface area contributed by atoms with Crippen molar-refractivity contribution in [3.05, 3.63) is 52.0 Å². The molecule has 6 nitrogen and oxygen atoms in total. The van der Waals surface area contributed by atoms with Crippen LogP contribution in [0.5, 0.6) is 5.75 Å². The average Bonchev–Trinajstić information content (AvgIpc) is 2.70. The van der Waals surface area contributed by atoms with E-state index in [1.54, 1.807) is 36.4 Å². The number of carbonyl (C=O) groups excluding carboxylic acids is 1. The van der Waals surface area contributed by atoms with Crippen molar-refractivity contribution in [1.29, 1.82) is 0 Å². The lowest BCUT2D eigenvalue weighted by molar-refractivity contribution is -0.120. The third-order valence-corrected chi connectivity index (χ3v) is 7.61. The highest BCUT2D eigenvalue weighted by atomic mass is 35.5. The number of sulfonamides is 1. The second-order valence-electron chi connectivity index (χ2n) is 6.95. The van der Waals surface area contributed by atoms with Gasteiger partial charge >= 0.3 is 0 Å². The summed E-state index contributed by atoms with van der Waals surface area (Å²) >= 11 is 11.9. The number of ether oxygens (including phenoxy) is 1. The number of methoxy groups -OCH3 is 1. The van der Waals surface area contributed by atoms with E-state index in [0.29, 0.717) is 34.3 Å². The molecule has 2 aromatic carbocycles. The van der Waals surface area contributed by atoms with E-state index in [4.69, 9.17) is 27.9 Å². The number of anilines is 1. The SMILES string of the molecule is COc1ccc(C)cc1S(=O)(=O)N1CCC(C(=O)Nc2ccc(Cl)c(Cl)c2)CC1. The summed E-state index contributed by atoms with van der Waals surface area (Å²) in [6.45, 7) is 2.36. The largest absolute Gasteiger partial charge is 0.495 e. The summed E-state index contributed by atoms with van der Waals surface area (Å²) in [5, 5.41) is 3.59. The van der Waals surface area contributed by atoms with Gasteiger partial charge in [0.25, 0.3) is 0 Å². The number of benzene rings is 2. The third kappa shape index (κ3) is 4.86. The van der Waals surface area contributed by atoms with Crippen LogP contribution in [0.1, 0.15) is 18.4 Å². The first kappa shape index (κ1) is 21.9. The van der Waals surface area contributed by atoms with Crippen LogP contribution in [0, 0.1) is 12.8 Å². The van der Waals surface area contributed by atoms with Gasteiger partial charge in [-0.25, -0.2) is 8.42 Å². The van der Waals surface area contributed by atoms with Gasteiger partial charge in [-0.2, -0.15) is 4.31 Å². The summed E-state index contributed by atoms with van der Waals surface area (Å²) in [4.78, 5) is 12.7. The Hall–Kier alpha value is -1.80. The molecule has 0 bridgehead atoms. The molecule has 9 heteroatoms. The first-order valence-corrected chi connectivity index (χ1v) is 11.3. The Balaban J connectivity index is 1.67. The number of hydrogen-bond acceptors (Lipinski definition) is 4. The van der Waals surface area contributed by atoms with Gasteiger partial charge in [0.2, 0.25) is 15.9 Å². The second-order valence-corrected chi connectivity index (χ2v) is 9.67. The average molecular weight is 457 g/mol. The fourth-order valence-electron chi connectivity index (χ4n) is 3.30. The van der Waals surface area contributed by atoms with E-state index in [1.807, 2.05) is 6.92 Å². The molecule has 0 radical (unpaired) electrons. The number of amides is 1. The molecule has 1 aliphatic heterocycles. The van der Waals surface area contributed by atoms with Crippen molar-refractivity contribution < 1.29 is 17.9 Å². The van der Waals surface area contributed by atoms with Gasteiger partial charge in [0.05, 0.1) is 17.2 Å². The van der Waals surface area contributed by atoms with Crippen LogP contribution in [0.4, 0.5) is 5.69 Å². The van der Waals surface area contributed by atoms with Gasteiger partial charge in [-0.3, -0.25) is 4.79 Å². The van der Waals surface area contributed by atoms with Crippen molar-refractivity contribution in [2.45, 2.75) is 24.7 Å². The molecule has 29 heavy (non-hydrogen) atoms. The van der Waals surface area contributed by atoms with Crippen LogP contribution >= 0.6 is 23.2 Å². The first-order valence-electron chi connectivity index (χ1n) is 9.13. The number of halogens is 2. The summed E-state index contributed by atoms with van der Waals surface area (Å²) in [6.07, 6.45) is 0.862. The Morgan fingerprint density at radius 1 is 1.10 bits per heavy atom. The number of rotatable bonds is 5. The van der Waals surface area contributed by atoms with Gasteiger partial charge < -0.3 is 10.1 Å². The first-order chi connectivity index (χ1) is 13.7. The normalized spacial score (nSPS) is 15.9. The van der Waals surface area contributed by atoms with Gasteiger partial charge in [0.15, 0.2) is 0 Å². The van der Waals surface area contributed by atoms with Crippen molar-refractivity contribution in [3.8, 4) is 5.75 Å². The maximum atomic E-state index is 13.1. The molecule has 1 N–H and O–H groups in total. The van der Waals surface area contributed by atoms with Crippen LogP contribution in [-0.4, -0.2) is 38.8 Å². The minimum absolute atomic E-state index is 0.152. The van der Waals surface area contributed by atoms with Crippen LogP contribution in [0.2, 0.25) is 10.0 Å². The molecule has 156 valence electrons. The minimum Gasteiger partial charge on any atom is -0.495 e. The zero-order valence-corrected chi connectivity index (χ0v) is 18.4. The topological polar surface area (TPSA) is 75.7 Å². The van der Waals surface area contributed by atoms with Crippen molar-refractivity contribution >= 4 is 44.8 Å². The van der Waals surface area contributed by atoms with Gasteiger partial charge in [0, 0.05) is 24.7 Å². The number of nitrogens with one attached hydrogen (secondary N) is 1. The Bertz CT molecular complexity index is 1020. The van der Waals surface area contributed by atoms with Gasteiger partial charge in [-0.05, 0) is 55.7 Å². The molecular weight excluding hydrogens is 435 g/mol. The van der Waals surface area contributed by atoms with Crippen molar-refractivity contribution in [2.75, 3.05) is 25.5 Å². The zero-order valence-electron chi connectivity index (χ0n) is 16.1. The summed E-state index contributed by atoms with van der Waals surface area (Å²) < 4.78 is 32.8. The van der Waals surface area contributed by atoms with E-state index in [-0.39, 0.29) is 29.8 Å². The monoisotopic (exact) mass is 456 g/mol. The molecule has 0 spiro atoms. The van der Waals surface area contributed by atoms with Crippen LogP contribution in [-0.2, 0) is 14.8 Å². The molecule has 1 saturated heterocycles. The van der Waals surface area contributed by atoms with Gasteiger partial charge in [-0.15, -0.1) is 0 Å². The number of aryl methyl sites for hydroxylation is 1. The summed E-state index contributed by atoms with van der Waals surface area (Å²) in [6, 6.07) is 9.94. The molecule has 1 aliphatic rings. The number of hydrogen-bond donors (Lipinski definition) is 1. The van der Waals surface area contributed by atoms with Crippen LogP contribution in [0.25, 0.3) is 0 Å². The summed E-state index contributed by atoms with van der Waals surface area (Å²) in [5.41, 5.74) is 1.39. The maximum absolute atomic E-state index is 13.1. The summed E-state index contributed by atoms with van der Waals surface area (Å²) in [5.74, 6) is -0.126. The molecular formula is C20H22Cl2N2O4S. The maximum Gasteiger partial charge on any atom is 0.246 e. The van der Waals surface area contributed by atoms with Crippen molar-refractivity contribution in [3.63, 3.8) is 0 Å². The van der Waals surface area contributed by atoms with Crippen molar-refractivity contribution in [2.24, 2.45) is 5.92 Å². The fraction of sp³-hybridized carbons (Fsp3) is 0.350. The highest BCUT2D eigenvalue weighted by Crippen LogP contribution is 2.31. The number of piperidine rings is 1. The lowest BCUT2D eigenvalue weighted by Gasteiger charge is -2.31. The lowest BCUT2D eigenvalue weighted by atomic mass is 9.97. The second kappa shape index (κ2) is 8.92. The molecule has 0 unspecified atom stereocenters. The molecule has 0 saturated carbocycles. The van der Waals surface area contributed by atoms with E-state index in [2.05, 4.69) is 5.32 Å². The van der Waals surface area contributed by atoms with E-state index in [1.165, 1.54) is 11.4 Å². The standard InChI is InChI=1S/C20H22Cl2N2O4S/c1-13-3-6-18(28-2)19(11-13)29(26,27)24-9-7-14(8-10-24)20(25)23-15-4-5-16(21)17(22)12-15/h3-6,11-12,14H,7-10H2,1-2H3,(H,23,25). The molecule has 1 fully saturated rings. The Labute approximate surface area is 180 Å². The van der Waals surface area contributed by atoms with E-state index < -0.39 is 10.0 Å². The zero-order chi connectivity index (χ0) is 21.2. The Morgan fingerprint density at radius 2 is 1.79 bits per heavy atom. The van der Waals surface area contributed by atoms with Crippen LogP contribution < -0.4 is 10.1 Å². The molecule has 0 atom stereocenters. The molecule has 3 rings (SSSR count). The van der Waals surface area contributed by atoms with Gasteiger partial charge in [0.1, 0.15) is 10.6 Å². The molecule has 1 heterocycles. The quantitative estimate of drug-likeness (QED) is 0.725. The van der Waals surface area contributed by atoms with Crippen LogP contribution in [0.3, 0.4) is 0 Å². The van der Waals surface area contributed by atoms with E-state index >= 15 is 0 Å². The molecule has 0 aliphatic carbocycles. The number of carbonyl (C=O) groups is 1. The summed E-state index contributed by atoms with van der Waals surface area (Å²) in [7, 11) is -2.25. The highest BCUT2D eigenvalue weighted by Gasteiger charge is 2.33. The lowest BCUT2D eigenvalue weighted by Crippen LogP contribution is -2.41. The Kier molecular flexibility index (Phi) is 6.73. The molecule has 2 aromatic rings. The smallest absolute Gasteiger partial charge is 0.246 e. The minimum atomic E-state index is -3.70. The van der Waals surface area contributed by atoms with E-state index in [0.717, 1.165) is 5.56 Å². The van der Waals surface area contributed by atoms with Crippen LogP contribution in [0.15, 0.2) is 41.3 Å². The third-order valence-electron chi connectivity index (χ3n) is 4.95. The fourth-order valence-corrected chi connectivity index (χ4v) is 5.31. The Morgan fingerprint density at radius 3 is 2.41 bits per heavy atom. The molecule has 1 amide bonds. The predicted octanol–water partition coefficient (Wildman–Crippen LogP) is 4.35.